The molecule has 3 N–H and O–H groups in total. The van der Waals surface area contributed by atoms with Crippen molar-refractivity contribution >= 4 is 17.4 Å². The van der Waals surface area contributed by atoms with Crippen molar-refractivity contribution in [2.75, 3.05) is 13.2 Å². The molecule has 1 aliphatic heterocycles. The smallest absolute Gasteiger partial charge is 0.223 e. The lowest BCUT2D eigenvalue weighted by Crippen LogP contribution is -2.65. The van der Waals surface area contributed by atoms with Crippen molar-refractivity contribution in [3.8, 4) is 0 Å². The molecule has 1 saturated heterocycles. The molecule has 4 aliphatic rings. The number of ketones is 1. The lowest BCUT2D eigenvalue weighted by molar-refractivity contribution is -0.153. The summed E-state index contributed by atoms with van der Waals surface area (Å²) < 4.78 is 0. The fourth-order valence-corrected chi connectivity index (χ4v) is 6.38. The Kier molecular flexibility index (Phi) is 4.37. The van der Waals surface area contributed by atoms with Gasteiger partial charge >= 0.3 is 0 Å². The highest BCUT2D eigenvalue weighted by Crippen LogP contribution is 2.61. The molecule has 0 aromatic heterocycles. The summed E-state index contributed by atoms with van der Waals surface area (Å²) in [4.78, 5) is 30.8. The largest absolute Gasteiger partial charge is 0.395 e. The Morgan fingerprint density at radius 3 is 2.77 bits per heavy atom. The predicted molar refractivity (Wildman–Crippen MR) is 98.4 cm³/mol. The Morgan fingerprint density at radius 2 is 2.00 bits per heavy atom. The lowest BCUT2D eigenvalue weighted by atomic mass is 9.49. The number of hydrogen-bond acceptors (Lipinski definition) is 5. The minimum absolute atomic E-state index is 0.00608. The minimum Gasteiger partial charge on any atom is -0.395 e. The Morgan fingerprint density at radius 1 is 1.19 bits per heavy atom. The molecule has 0 unspecified atom stereocenters. The molecule has 6 atom stereocenters. The first-order chi connectivity index (χ1) is 12.4. The summed E-state index contributed by atoms with van der Waals surface area (Å²) >= 11 is 0. The third-order valence-electron chi connectivity index (χ3n) is 8.04. The Bertz CT molecular complexity index is 648. The van der Waals surface area contributed by atoms with E-state index in [1.54, 1.807) is 0 Å². The fourth-order valence-electron chi connectivity index (χ4n) is 6.38. The SMILES string of the molecule is C[C@]12CCC(=NOCCN)C[C@@H]1NC(=O)[C@@H]1[C@@H]2CC[C@]2(C)C(=O)CC[C@@H]12. The molecule has 0 radical (unpaired) electrons. The Hall–Kier alpha value is -1.43. The molecule has 0 aromatic rings. The van der Waals surface area contributed by atoms with Crippen molar-refractivity contribution in [3.05, 3.63) is 0 Å². The molecule has 0 aromatic carbocycles. The van der Waals surface area contributed by atoms with Gasteiger partial charge in [0.05, 0.1) is 5.71 Å². The van der Waals surface area contributed by atoms with Crippen molar-refractivity contribution in [3.63, 3.8) is 0 Å². The van der Waals surface area contributed by atoms with Gasteiger partial charge in [-0.15, -0.1) is 0 Å². The highest BCUT2D eigenvalue weighted by atomic mass is 16.6. The van der Waals surface area contributed by atoms with Crippen molar-refractivity contribution in [2.45, 2.75) is 64.8 Å². The van der Waals surface area contributed by atoms with E-state index in [9.17, 15) is 9.59 Å². The average molecular weight is 361 g/mol. The van der Waals surface area contributed by atoms with Gasteiger partial charge in [0.1, 0.15) is 12.4 Å². The summed E-state index contributed by atoms with van der Waals surface area (Å²) in [6, 6.07) is 0.117. The zero-order valence-corrected chi connectivity index (χ0v) is 15.9. The quantitative estimate of drug-likeness (QED) is 0.594. The topological polar surface area (TPSA) is 93.8 Å². The summed E-state index contributed by atoms with van der Waals surface area (Å²) in [6.07, 6.45) is 6.14. The number of hydrogen-bond donors (Lipinski definition) is 2. The van der Waals surface area contributed by atoms with Crippen LogP contribution in [0.1, 0.15) is 58.8 Å². The van der Waals surface area contributed by atoms with E-state index in [2.05, 4.69) is 24.3 Å². The number of fused-ring (bicyclic) bond motifs is 5. The predicted octanol–water partition coefficient (Wildman–Crippen LogP) is 2.02. The van der Waals surface area contributed by atoms with Gasteiger partial charge in [-0.05, 0) is 49.4 Å². The normalized spacial score (nSPS) is 46.3. The van der Waals surface area contributed by atoms with Crippen molar-refractivity contribution in [2.24, 2.45) is 39.5 Å². The van der Waals surface area contributed by atoms with Crippen LogP contribution in [-0.4, -0.2) is 36.6 Å². The summed E-state index contributed by atoms with van der Waals surface area (Å²) in [6.45, 7) is 5.32. The number of nitrogens with one attached hydrogen (secondary N) is 1. The van der Waals surface area contributed by atoms with E-state index in [1.165, 1.54) is 0 Å². The molecular formula is C20H31N3O3. The second-order valence-corrected chi connectivity index (χ2v) is 9.21. The van der Waals surface area contributed by atoms with Gasteiger partial charge in [-0.1, -0.05) is 19.0 Å². The van der Waals surface area contributed by atoms with E-state index in [1.807, 2.05) is 0 Å². The second kappa shape index (κ2) is 6.32. The van der Waals surface area contributed by atoms with E-state index >= 15 is 0 Å². The molecule has 4 fully saturated rings. The van der Waals surface area contributed by atoms with E-state index in [0.29, 0.717) is 31.3 Å². The second-order valence-electron chi connectivity index (χ2n) is 9.21. The van der Waals surface area contributed by atoms with Gasteiger partial charge in [-0.25, -0.2) is 0 Å². The van der Waals surface area contributed by atoms with E-state index in [4.69, 9.17) is 10.6 Å². The third-order valence-corrected chi connectivity index (χ3v) is 8.04. The number of piperidine rings is 1. The van der Waals surface area contributed by atoms with Crippen LogP contribution in [0.2, 0.25) is 0 Å². The summed E-state index contributed by atoms with van der Waals surface area (Å²) in [5, 5.41) is 7.55. The first-order valence-electron chi connectivity index (χ1n) is 10.1. The van der Waals surface area contributed by atoms with Gasteiger partial charge in [-0.2, -0.15) is 0 Å². The average Bonchev–Trinajstić information content (AvgIpc) is 2.92. The van der Waals surface area contributed by atoms with Crippen molar-refractivity contribution in [1.29, 1.82) is 0 Å². The van der Waals surface area contributed by atoms with Crippen LogP contribution in [0.4, 0.5) is 0 Å². The van der Waals surface area contributed by atoms with Crippen LogP contribution in [0, 0.1) is 28.6 Å². The van der Waals surface area contributed by atoms with Crippen LogP contribution in [0.3, 0.4) is 0 Å². The maximum atomic E-state index is 13.1. The molecule has 4 rings (SSSR count). The van der Waals surface area contributed by atoms with Crippen molar-refractivity contribution in [1.82, 2.24) is 5.32 Å². The number of oxime groups is 1. The molecule has 3 aliphatic carbocycles. The number of carbonyl (C=O) groups is 2. The maximum absolute atomic E-state index is 13.1. The molecular weight excluding hydrogens is 330 g/mol. The number of amides is 1. The van der Waals surface area contributed by atoms with Crippen LogP contribution in [0.25, 0.3) is 0 Å². The molecule has 6 heteroatoms. The fraction of sp³-hybridized carbons (Fsp3) is 0.850. The molecule has 3 saturated carbocycles. The van der Waals surface area contributed by atoms with Crippen LogP contribution >= 0.6 is 0 Å². The van der Waals surface area contributed by atoms with Crippen LogP contribution in [-0.2, 0) is 14.4 Å². The number of rotatable bonds is 3. The van der Waals surface area contributed by atoms with E-state index in [0.717, 1.165) is 44.2 Å². The standard InChI is InChI=1S/C20H31N3O3/c1-19-7-5-12(23-26-10-9-21)11-15(19)22-18(25)17-13-3-4-16(24)20(13,2)8-6-14(17)19/h13-15,17H,3-11,21H2,1-2H3,(H,22,25)/t13-,14-,15-,17-,19+,20-/m0/s1. The highest BCUT2D eigenvalue weighted by molar-refractivity contribution is 5.91. The summed E-state index contributed by atoms with van der Waals surface area (Å²) in [7, 11) is 0. The molecule has 144 valence electrons. The number of nitrogens with two attached hydrogens (primary N) is 1. The lowest BCUT2D eigenvalue weighted by Gasteiger charge is -2.58. The van der Waals surface area contributed by atoms with E-state index < -0.39 is 0 Å². The Balaban J connectivity index is 1.57. The number of nitrogens with zero attached hydrogens (tertiary/aromatic N) is 1. The zero-order chi connectivity index (χ0) is 18.5. The van der Waals surface area contributed by atoms with Gasteiger partial charge in [0.15, 0.2) is 0 Å². The Labute approximate surface area is 155 Å². The monoisotopic (exact) mass is 361 g/mol. The third kappa shape index (κ3) is 2.52. The zero-order valence-electron chi connectivity index (χ0n) is 15.9. The molecule has 26 heavy (non-hydrogen) atoms. The van der Waals surface area contributed by atoms with Gasteiger partial charge in [0, 0.05) is 36.8 Å². The molecule has 1 amide bonds. The van der Waals surface area contributed by atoms with Crippen LogP contribution in [0.15, 0.2) is 5.16 Å². The minimum atomic E-state index is -0.279. The van der Waals surface area contributed by atoms with Crippen LogP contribution < -0.4 is 11.1 Å². The first kappa shape index (κ1) is 18.0. The molecule has 1 heterocycles. The summed E-state index contributed by atoms with van der Waals surface area (Å²) in [5.41, 5.74) is 6.28. The molecule has 0 spiro atoms. The van der Waals surface area contributed by atoms with Crippen LogP contribution in [0.5, 0.6) is 0 Å². The number of carbonyl (C=O) groups excluding carboxylic acids is 2. The maximum Gasteiger partial charge on any atom is 0.223 e. The number of Topliss-reactive ketones (excluding diaryl/α,β-unsaturated/α-hetero) is 1. The first-order valence-corrected chi connectivity index (χ1v) is 10.1. The van der Waals surface area contributed by atoms with Crippen molar-refractivity contribution < 1.29 is 14.4 Å². The highest BCUT2D eigenvalue weighted by Gasteiger charge is 2.62. The molecule has 0 bridgehead atoms. The van der Waals surface area contributed by atoms with Gasteiger partial charge < -0.3 is 15.9 Å². The summed E-state index contributed by atoms with van der Waals surface area (Å²) in [5.74, 6) is 1.11. The van der Waals surface area contributed by atoms with Gasteiger partial charge in [-0.3, -0.25) is 9.59 Å². The molecule has 6 nitrogen and oxygen atoms in total. The van der Waals surface area contributed by atoms with Gasteiger partial charge in [0.2, 0.25) is 5.91 Å². The van der Waals surface area contributed by atoms with Gasteiger partial charge in [0.25, 0.3) is 0 Å². The van der Waals surface area contributed by atoms with E-state index in [-0.39, 0.29) is 34.6 Å².